The lowest BCUT2D eigenvalue weighted by Gasteiger charge is -2.03. The fraction of sp³-hybridized carbons (Fsp3) is 0. The second kappa shape index (κ2) is 3.85. The second-order valence-electron chi connectivity index (χ2n) is 2.03. The standard InChI is InChI=1S/C4H3ClN2O4S3/c5-14(10,11)3(9)6-7-2(8)1-13-4(7)12/h1,8H,(H,6,9). The summed E-state index contributed by atoms with van der Waals surface area (Å²) in [6.07, 6.45) is 0. The highest BCUT2D eigenvalue weighted by atomic mass is 35.7. The summed E-state index contributed by atoms with van der Waals surface area (Å²) in [4.78, 5) is 10.8. The van der Waals surface area contributed by atoms with Crippen molar-refractivity contribution < 1.29 is 18.3 Å². The zero-order valence-electron chi connectivity index (χ0n) is 6.30. The predicted molar refractivity (Wildman–Crippen MR) is 54.3 cm³/mol. The van der Waals surface area contributed by atoms with Gasteiger partial charge in [0.2, 0.25) is 5.88 Å². The van der Waals surface area contributed by atoms with Gasteiger partial charge in [-0.15, -0.1) is 11.3 Å². The van der Waals surface area contributed by atoms with E-state index in [2.05, 4.69) is 12.2 Å². The van der Waals surface area contributed by atoms with Crippen molar-refractivity contribution in [3.05, 3.63) is 9.33 Å². The first-order valence-electron chi connectivity index (χ1n) is 2.97. The molecule has 6 nitrogen and oxygen atoms in total. The molecule has 2 N–H and O–H groups in total. The van der Waals surface area contributed by atoms with Crippen molar-refractivity contribution in [2.45, 2.75) is 0 Å². The Morgan fingerprint density at radius 2 is 2.29 bits per heavy atom. The summed E-state index contributed by atoms with van der Waals surface area (Å²) in [6, 6.07) is 0. The lowest BCUT2D eigenvalue weighted by atomic mass is 10.9. The summed E-state index contributed by atoms with van der Waals surface area (Å²) in [5.41, 5.74) is 1.81. The van der Waals surface area contributed by atoms with E-state index in [4.69, 9.17) is 15.8 Å². The molecule has 1 aromatic heterocycles. The van der Waals surface area contributed by atoms with Gasteiger partial charge in [0.05, 0.1) is 5.38 Å². The van der Waals surface area contributed by atoms with Gasteiger partial charge in [0.15, 0.2) is 3.95 Å². The third-order valence-corrected chi connectivity index (χ3v) is 3.24. The maximum Gasteiger partial charge on any atom is 0.370 e. The molecule has 0 radical (unpaired) electrons. The molecular formula is C4H3ClN2O4S3. The topological polar surface area (TPSA) is 88.4 Å². The molecular weight excluding hydrogens is 272 g/mol. The summed E-state index contributed by atoms with van der Waals surface area (Å²) in [6.45, 7) is 0. The van der Waals surface area contributed by atoms with Crippen LogP contribution < -0.4 is 5.43 Å². The molecule has 78 valence electrons. The number of amides is 1. The van der Waals surface area contributed by atoms with Crippen LogP contribution in [-0.2, 0) is 9.05 Å². The number of nitrogens with zero attached hydrogens (tertiary/aromatic N) is 1. The minimum atomic E-state index is -4.36. The molecule has 0 aliphatic heterocycles. The molecule has 0 fully saturated rings. The molecule has 1 rings (SSSR count). The number of carbonyl (C=O) groups excluding carboxylic acids is 1. The number of thiazole rings is 1. The SMILES string of the molecule is O=C(Nn1c(O)csc1=S)S(=O)(=O)Cl. The van der Waals surface area contributed by atoms with Crippen LogP contribution in [0.3, 0.4) is 0 Å². The van der Waals surface area contributed by atoms with E-state index < -0.39 is 14.3 Å². The van der Waals surface area contributed by atoms with E-state index in [1.54, 1.807) is 0 Å². The van der Waals surface area contributed by atoms with Gasteiger partial charge in [-0.05, 0) is 12.2 Å². The molecule has 0 saturated heterocycles. The molecule has 0 aromatic carbocycles. The number of nitrogens with one attached hydrogen (secondary N) is 1. The number of halogens is 1. The Bertz CT molecular complexity index is 515. The van der Waals surface area contributed by atoms with Gasteiger partial charge in [0, 0.05) is 10.7 Å². The van der Waals surface area contributed by atoms with E-state index >= 15 is 0 Å². The molecule has 1 amide bonds. The summed E-state index contributed by atoms with van der Waals surface area (Å²) >= 11 is 5.64. The second-order valence-corrected chi connectivity index (χ2v) is 6.00. The highest BCUT2D eigenvalue weighted by Crippen LogP contribution is 2.15. The predicted octanol–water partition coefficient (Wildman–Crippen LogP) is 1.22. The monoisotopic (exact) mass is 274 g/mol. The summed E-state index contributed by atoms with van der Waals surface area (Å²) in [5, 5.41) is 8.88. The first-order chi connectivity index (χ1) is 6.32. The minimum Gasteiger partial charge on any atom is -0.493 e. The number of aromatic hydroxyl groups is 1. The van der Waals surface area contributed by atoms with Crippen LogP contribution >= 0.6 is 34.2 Å². The number of aromatic nitrogens is 1. The first-order valence-corrected chi connectivity index (χ1v) is 6.57. The Morgan fingerprint density at radius 1 is 1.71 bits per heavy atom. The van der Waals surface area contributed by atoms with E-state index in [1.807, 2.05) is 5.43 Å². The third kappa shape index (κ3) is 2.44. The molecule has 14 heavy (non-hydrogen) atoms. The van der Waals surface area contributed by atoms with Gasteiger partial charge in [-0.3, -0.25) is 4.79 Å². The van der Waals surface area contributed by atoms with Gasteiger partial charge in [-0.2, -0.15) is 4.68 Å². The van der Waals surface area contributed by atoms with Gasteiger partial charge in [-0.25, -0.2) is 13.8 Å². The van der Waals surface area contributed by atoms with Crippen LogP contribution in [0.1, 0.15) is 0 Å². The molecule has 0 bridgehead atoms. The number of hydrogen-bond donors (Lipinski definition) is 2. The van der Waals surface area contributed by atoms with Crippen LogP contribution in [-0.4, -0.2) is 23.4 Å². The van der Waals surface area contributed by atoms with Crippen LogP contribution in [0, 0.1) is 3.95 Å². The van der Waals surface area contributed by atoms with Crippen molar-refractivity contribution in [3.8, 4) is 5.88 Å². The largest absolute Gasteiger partial charge is 0.493 e. The molecule has 0 saturated carbocycles. The fourth-order valence-electron chi connectivity index (χ4n) is 0.551. The normalized spacial score (nSPS) is 11.2. The van der Waals surface area contributed by atoms with Crippen LogP contribution in [0.4, 0.5) is 4.79 Å². The maximum atomic E-state index is 10.8. The van der Waals surface area contributed by atoms with Crippen molar-refractivity contribution in [2.75, 3.05) is 5.43 Å². The summed E-state index contributed by atoms with van der Waals surface area (Å²) in [7, 11) is 0.376. The summed E-state index contributed by atoms with van der Waals surface area (Å²) < 4.78 is 21.8. The Balaban J connectivity index is 3.02. The Morgan fingerprint density at radius 3 is 2.64 bits per heavy atom. The van der Waals surface area contributed by atoms with Crippen molar-refractivity contribution in [1.29, 1.82) is 0 Å². The maximum absolute atomic E-state index is 10.8. The molecule has 0 spiro atoms. The molecule has 0 atom stereocenters. The average Bonchev–Trinajstić information content (AvgIpc) is 2.34. The fourth-order valence-corrected chi connectivity index (χ4v) is 1.69. The molecule has 0 unspecified atom stereocenters. The van der Waals surface area contributed by atoms with E-state index in [1.165, 1.54) is 5.38 Å². The number of rotatable bonds is 1. The Hall–Kier alpha value is -0.640. The Labute approximate surface area is 92.1 Å². The van der Waals surface area contributed by atoms with Gasteiger partial charge in [-0.1, -0.05) is 0 Å². The van der Waals surface area contributed by atoms with Crippen molar-refractivity contribution in [3.63, 3.8) is 0 Å². The number of carbonyl (C=O) groups is 1. The van der Waals surface area contributed by atoms with Crippen LogP contribution in [0.2, 0.25) is 0 Å². The molecule has 1 aromatic rings. The lowest BCUT2D eigenvalue weighted by Crippen LogP contribution is -2.25. The van der Waals surface area contributed by atoms with Gasteiger partial charge < -0.3 is 5.11 Å². The third-order valence-electron chi connectivity index (χ3n) is 1.10. The van der Waals surface area contributed by atoms with Gasteiger partial charge >= 0.3 is 14.3 Å². The van der Waals surface area contributed by atoms with Crippen molar-refractivity contribution in [2.24, 2.45) is 0 Å². The van der Waals surface area contributed by atoms with E-state index in [0.717, 1.165) is 16.0 Å². The average molecular weight is 275 g/mol. The molecule has 1 heterocycles. The lowest BCUT2D eigenvalue weighted by molar-refractivity contribution is 0.265. The van der Waals surface area contributed by atoms with Gasteiger partial charge in [0.1, 0.15) is 0 Å². The van der Waals surface area contributed by atoms with E-state index in [9.17, 15) is 13.2 Å². The first kappa shape index (κ1) is 11.4. The van der Waals surface area contributed by atoms with E-state index in [0.29, 0.717) is 0 Å². The Kier molecular flexibility index (Phi) is 3.14. The molecule has 0 aliphatic carbocycles. The van der Waals surface area contributed by atoms with E-state index in [-0.39, 0.29) is 9.83 Å². The van der Waals surface area contributed by atoms with Crippen molar-refractivity contribution >= 4 is 48.5 Å². The smallest absolute Gasteiger partial charge is 0.370 e. The summed E-state index contributed by atoms with van der Waals surface area (Å²) in [5.74, 6) is -0.367. The zero-order chi connectivity index (χ0) is 10.9. The molecule has 10 heteroatoms. The van der Waals surface area contributed by atoms with Crippen LogP contribution in [0.25, 0.3) is 0 Å². The zero-order valence-corrected chi connectivity index (χ0v) is 9.50. The van der Waals surface area contributed by atoms with Crippen LogP contribution in [0.5, 0.6) is 5.88 Å². The minimum absolute atomic E-state index is 0.0937. The quantitative estimate of drug-likeness (QED) is 0.594. The highest BCUT2D eigenvalue weighted by Gasteiger charge is 2.20. The molecule has 0 aliphatic rings. The van der Waals surface area contributed by atoms with Crippen LogP contribution in [0.15, 0.2) is 5.38 Å². The highest BCUT2D eigenvalue weighted by molar-refractivity contribution is 8.25. The van der Waals surface area contributed by atoms with Gasteiger partial charge in [0.25, 0.3) is 0 Å². The number of hydrogen-bond acceptors (Lipinski definition) is 6. The van der Waals surface area contributed by atoms with Crippen molar-refractivity contribution in [1.82, 2.24) is 4.68 Å².